The summed E-state index contributed by atoms with van der Waals surface area (Å²) in [5.41, 5.74) is 4.81. The molecule has 2 heteroatoms. The highest BCUT2D eigenvalue weighted by Crippen LogP contribution is 2.35. The average molecular weight is 235 g/mol. The van der Waals surface area contributed by atoms with E-state index in [-0.39, 0.29) is 6.10 Å². The SMILES string of the molecule is Cc1[nH]c(C(O)C2CCCCCC2)c(C)c1C. The van der Waals surface area contributed by atoms with Crippen molar-refractivity contribution in [3.63, 3.8) is 0 Å². The van der Waals surface area contributed by atoms with Gasteiger partial charge in [0.05, 0.1) is 6.10 Å². The second-order valence-corrected chi connectivity index (χ2v) is 5.61. The van der Waals surface area contributed by atoms with Gasteiger partial charge in [-0.1, -0.05) is 25.7 Å². The predicted molar refractivity (Wildman–Crippen MR) is 71.2 cm³/mol. The Balaban J connectivity index is 2.17. The zero-order valence-corrected chi connectivity index (χ0v) is 11.3. The molecule has 0 saturated heterocycles. The summed E-state index contributed by atoms with van der Waals surface area (Å²) in [6.07, 6.45) is 7.30. The average Bonchev–Trinajstić information content (AvgIpc) is 2.57. The molecule has 0 radical (unpaired) electrons. The summed E-state index contributed by atoms with van der Waals surface area (Å²) >= 11 is 0. The highest BCUT2D eigenvalue weighted by molar-refractivity contribution is 5.35. The largest absolute Gasteiger partial charge is 0.387 e. The molecule has 2 N–H and O–H groups in total. The van der Waals surface area contributed by atoms with Crippen LogP contribution in [0.4, 0.5) is 0 Å². The van der Waals surface area contributed by atoms with Gasteiger partial charge in [0.25, 0.3) is 0 Å². The second-order valence-electron chi connectivity index (χ2n) is 5.61. The van der Waals surface area contributed by atoms with E-state index < -0.39 is 0 Å². The van der Waals surface area contributed by atoms with Crippen molar-refractivity contribution in [1.29, 1.82) is 0 Å². The lowest BCUT2D eigenvalue weighted by atomic mass is 9.90. The molecule has 1 fully saturated rings. The molecule has 1 atom stereocenters. The minimum Gasteiger partial charge on any atom is -0.387 e. The van der Waals surface area contributed by atoms with Crippen molar-refractivity contribution >= 4 is 0 Å². The molecule has 1 heterocycles. The van der Waals surface area contributed by atoms with Gasteiger partial charge in [0, 0.05) is 11.4 Å². The first-order chi connectivity index (χ1) is 8.11. The Morgan fingerprint density at radius 1 is 1.00 bits per heavy atom. The lowest BCUT2D eigenvalue weighted by Crippen LogP contribution is -2.13. The molecule has 0 aliphatic heterocycles. The molecule has 2 rings (SSSR count). The number of aromatic nitrogens is 1. The van der Waals surface area contributed by atoms with E-state index in [1.165, 1.54) is 55.3 Å². The number of hydrogen-bond donors (Lipinski definition) is 2. The van der Waals surface area contributed by atoms with Crippen LogP contribution in [0, 0.1) is 26.7 Å². The molecule has 1 aromatic heterocycles. The molecular weight excluding hydrogens is 210 g/mol. The van der Waals surface area contributed by atoms with Crippen molar-refractivity contribution in [3.8, 4) is 0 Å². The van der Waals surface area contributed by atoms with Crippen molar-refractivity contribution in [3.05, 3.63) is 22.5 Å². The Hall–Kier alpha value is -0.760. The fraction of sp³-hybridized carbons (Fsp3) is 0.733. The van der Waals surface area contributed by atoms with Crippen LogP contribution < -0.4 is 0 Å². The molecule has 0 amide bonds. The van der Waals surface area contributed by atoms with Crippen molar-refractivity contribution in [2.75, 3.05) is 0 Å². The summed E-state index contributed by atoms with van der Waals surface area (Å²) in [5, 5.41) is 10.6. The maximum Gasteiger partial charge on any atom is 0.0968 e. The van der Waals surface area contributed by atoms with Gasteiger partial charge in [0.15, 0.2) is 0 Å². The molecule has 96 valence electrons. The van der Waals surface area contributed by atoms with E-state index in [2.05, 4.69) is 25.8 Å². The van der Waals surface area contributed by atoms with Gasteiger partial charge in [0.2, 0.25) is 0 Å². The Labute approximate surface area is 104 Å². The summed E-state index contributed by atoms with van der Waals surface area (Å²) in [6, 6.07) is 0. The fourth-order valence-electron chi connectivity index (χ4n) is 3.03. The maximum atomic E-state index is 10.6. The van der Waals surface area contributed by atoms with Gasteiger partial charge in [-0.2, -0.15) is 0 Å². The maximum absolute atomic E-state index is 10.6. The highest BCUT2D eigenvalue weighted by Gasteiger charge is 2.25. The van der Waals surface area contributed by atoms with Crippen LogP contribution in [0.15, 0.2) is 0 Å². The molecule has 2 nitrogen and oxygen atoms in total. The number of aliphatic hydroxyl groups excluding tert-OH is 1. The Morgan fingerprint density at radius 2 is 1.59 bits per heavy atom. The lowest BCUT2D eigenvalue weighted by Gasteiger charge is -2.21. The van der Waals surface area contributed by atoms with Crippen LogP contribution in [0.5, 0.6) is 0 Å². The van der Waals surface area contributed by atoms with Gasteiger partial charge in [-0.3, -0.25) is 0 Å². The summed E-state index contributed by atoms with van der Waals surface area (Å²) in [6.45, 7) is 6.34. The molecular formula is C15H25NO. The smallest absolute Gasteiger partial charge is 0.0968 e. The Bertz CT molecular complexity index is 373. The van der Waals surface area contributed by atoms with Gasteiger partial charge in [-0.15, -0.1) is 0 Å². The lowest BCUT2D eigenvalue weighted by molar-refractivity contribution is 0.0946. The van der Waals surface area contributed by atoms with E-state index in [9.17, 15) is 5.11 Å². The van der Waals surface area contributed by atoms with E-state index >= 15 is 0 Å². The van der Waals surface area contributed by atoms with Gasteiger partial charge >= 0.3 is 0 Å². The first-order valence-electron chi connectivity index (χ1n) is 6.95. The van der Waals surface area contributed by atoms with Crippen molar-refractivity contribution < 1.29 is 5.11 Å². The molecule has 0 spiro atoms. The van der Waals surface area contributed by atoms with Crippen LogP contribution in [-0.4, -0.2) is 10.1 Å². The molecule has 0 aromatic carbocycles. The van der Waals surface area contributed by atoms with E-state index in [4.69, 9.17) is 0 Å². The first kappa shape index (κ1) is 12.7. The third-order valence-electron chi connectivity index (χ3n) is 4.49. The standard InChI is InChI=1S/C15H25NO/c1-10-11(2)14(16-12(10)3)15(17)13-8-6-4-5-7-9-13/h13,15-17H,4-9H2,1-3H3. The van der Waals surface area contributed by atoms with Gasteiger partial charge in [-0.25, -0.2) is 0 Å². The number of hydrogen-bond acceptors (Lipinski definition) is 1. The van der Waals surface area contributed by atoms with Crippen molar-refractivity contribution in [1.82, 2.24) is 4.98 Å². The van der Waals surface area contributed by atoms with Crippen LogP contribution in [0.1, 0.15) is 67.1 Å². The van der Waals surface area contributed by atoms with Crippen LogP contribution in [0.2, 0.25) is 0 Å². The zero-order valence-electron chi connectivity index (χ0n) is 11.3. The first-order valence-corrected chi connectivity index (χ1v) is 6.95. The summed E-state index contributed by atoms with van der Waals surface area (Å²) in [4.78, 5) is 3.38. The molecule has 1 aliphatic rings. The normalized spacial score (nSPS) is 20.2. The number of H-pyrrole nitrogens is 1. The summed E-state index contributed by atoms with van der Waals surface area (Å²) < 4.78 is 0. The molecule has 1 aromatic rings. The van der Waals surface area contributed by atoms with Gasteiger partial charge in [-0.05, 0) is 50.7 Å². The van der Waals surface area contributed by atoms with Crippen LogP contribution >= 0.6 is 0 Å². The van der Waals surface area contributed by atoms with E-state index in [0.29, 0.717) is 5.92 Å². The fourth-order valence-corrected chi connectivity index (χ4v) is 3.03. The monoisotopic (exact) mass is 235 g/mol. The Morgan fingerprint density at radius 3 is 2.06 bits per heavy atom. The number of nitrogens with one attached hydrogen (secondary N) is 1. The van der Waals surface area contributed by atoms with E-state index in [1.807, 2.05) is 0 Å². The minimum atomic E-state index is -0.291. The number of aromatic amines is 1. The summed E-state index contributed by atoms with van der Waals surface area (Å²) in [5.74, 6) is 0.452. The molecule has 1 unspecified atom stereocenters. The van der Waals surface area contributed by atoms with E-state index in [0.717, 1.165) is 5.69 Å². The highest BCUT2D eigenvalue weighted by atomic mass is 16.3. The van der Waals surface area contributed by atoms with Crippen LogP contribution in [-0.2, 0) is 0 Å². The van der Waals surface area contributed by atoms with Crippen LogP contribution in [0.25, 0.3) is 0 Å². The predicted octanol–water partition coefficient (Wildman–Crippen LogP) is 3.94. The number of aryl methyl sites for hydroxylation is 1. The third-order valence-corrected chi connectivity index (χ3v) is 4.49. The van der Waals surface area contributed by atoms with Gasteiger partial charge in [0.1, 0.15) is 0 Å². The van der Waals surface area contributed by atoms with Crippen molar-refractivity contribution in [2.24, 2.45) is 5.92 Å². The van der Waals surface area contributed by atoms with Crippen molar-refractivity contribution in [2.45, 2.75) is 65.4 Å². The molecule has 1 aliphatic carbocycles. The molecule has 17 heavy (non-hydrogen) atoms. The molecule has 1 saturated carbocycles. The summed E-state index contributed by atoms with van der Waals surface area (Å²) in [7, 11) is 0. The van der Waals surface area contributed by atoms with Gasteiger partial charge < -0.3 is 10.1 Å². The zero-order chi connectivity index (χ0) is 12.4. The number of aliphatic hydroxyl groups is 1. The number of rotatable bonds is 2. The molecule has 0 bridgehead atoms. The van der Waals surface area contributed by atoms with Crippen LogP contribution in [0.3, 0.4) is 0 Å². The Kier molecular flexibility index (Phi) is 3.93. The second kappa shape index (κ2) is 5.26. The topological polar surface area (TPSA) is 36.0 Å². The van der Waals surface area contributed by atoms with E-state index in [1.54, 1.807) is 0 Å². The quantitative estimate of drug-likeness (QED) is 0.748. The minimum absolute atomic E-state index is 0.291. The third kappa shape index (κ3) is 2.57.